The summed E-state index contributed by atoms with van der Waals surface area (Å²) in [4.78, 5) is 15.2. The first-order valence-electron chi connectivity index (χ1n) is 9.40. The number of carbonyl (C=O) groups excluding carboxylic acids is 1. The molecule has 0 aliphatic carbocycles. The van der Waals surface area contributed by atoms with Crippen LogP contribution in [0.25, 0.3) is 10.8 Å². The lowest BCUT2D eigenvalue weighted by Gasteiger charge is -2.31. The first-order chi connectivity index (χ1) is 11.9. The summed E-state index contributed by atoms with van der Waals surface area (Å²) >= 11 is 0. The number of nitrogens with zero attached hydrogens (tertiary/aromatic N) is 1. The highest BCUT2D eigenvalue weighted by atomic mass is 16.3. The zero-order chi connectivity index (χ0) is 18.6. The summed E-state index contributed by atoms with van der Waals surface area (Å²) in [5.74, 6) is 0.0331. The lowest BCUT2D eigenvalue weighted by Crippen LogP contribution is -2.42. The van der Waals surface area contributed by atoms with E-state index < -0.39 is 6.10 Å². The van der Waals surface area contributed by atoms with E-state index in [1.54, 1.807) is 0 Å². The van der Waals surface area contributed by atoms with Crippen molar-refractivity contribution in [1.82, 2.24) is 4.90 Å². The van der Waals surface area contributed by atoms with Gasteiger partial charge in [-0.3, -0.25) is 4.79 Å². The number of fused-ring (bicyclic) bond motifs is 1. The van der Waals surface area contributed by atoms with Crippen molar-refractivity contribution < 1.29 is 9.90 Å². The van der Waals surface area contributed by atoms with Crippen LogP contribution in [-0.2, 0) is 0 Å². The second kappa shape index (κ2) is 8.48. The fourth-order valence-corrected chi connectivity index (χ4v) is 3.58. The van der Waals surface area contributed by atoms with Crippen molar-refractivity contribution in [2.24, 2.45) is 0 Å². The molecule has 1 amide bonds. The molecule has 0 unspecified atom stereocenters. The van der Waals surface area contributed by atoms with Gasteiger partial charge in [0.15, 0.2) is 0 Å². The number of aliphatic hydroxyl groups is 1. The van der Waals surface area contributed by atoms with E-state index in [4.69, 9.17) is 0 Å². The van der Waals surface area contributed by atoms with E-state index in [9.17, 15) is 9.90 Å². The Morgan fingerprint density at radius 1 is 1.04 bits per heavy atom. The molecule has 0 spiro atoms. The number of rotatable bonds is 7. The molecular formula is C22H31NO2. The number of amides is 1. The third-order valence-electron chi connectivity index (χ3n) is 4.70. The first kappa shape index (κ1) is 19.5. The van der Waals surface area contributed by atoms with Crippen molar-refractivity contribution in [3.8, 4) is 0 Å². The number of aliphatic hydroxyl groups excluding tert-OH is 1. The average Bonchev–Trinajstić information content (AvgIpc) is 2.57. The summed E-state index contributed by atoms with van der Waals surface area (Å²) in [6.45, 7) is 10.3. The number of carbonyl (C=O) groups is 1. The molecule has 136 valence electrons. The van der Waals surface area contributed by atoms with Gasteiger partial charge < -0.3 is 10.0 Å². The van der Waals surface area contributed by atoms with E-state index in [0.717, 1.165) is 35.6 Å². The Bertz CT molecular complexity index is 708. The predicted molar refractivity (Wildman–Crippen MR) is 105 cm³/mol. The van der Waals surface area contributed by atoms with E-state index in [1.807, 2.05) is 69.0 Å². The highest BCUT2D eigenvalue weighted by molar-refractivity contribution is 6.08. The maximum Gasteiger partial charge on any atom is 0.254 e. The van der Waals surface area contributed by atoms with E-state index in [2.05, 4.69) is 6.92 Å². The molecule has 3 heteroatoms. The van der Waals surface area contributed by atoms with Crippen LogP contribution in [0.2, 0.25) is 0 Å². The Morgan fingerprint density at radius 3 is 2.20 bits per heavy atom. The molecule has 0 aliphatic rings. The van der Waals surface area contributed by atoms with Gasteiger partial charge >= 0.3 is 0 Å². The minimum atomic E-state index is -0.538. The van der Waals surface area contributed by atoms with Crippen LogP contribution < -0.4 is 0 Å². The molecule has 2 aromatic rings. The molecule has 1 atom stereocenters. The SMILES string of the molecule is CCCC[C@H](O)c1cccc2cccc(C(=O)N(C(C)C)C(C)C)c12. The van der Waals surface area contributed by atoms with E-state index >= 15 is 0 Å². The van der Waals surface area contributed by atoms with Crippen molar-refractivity contribution in [3.05, 3.63) is 47.5 Å². The largest absolute Gasteiger partial charge is 0.388 e. The first-order valence-corrected chi connectivity index (χ1v) is 9.40. The smallest absolute Gasteiger partial charge is 0.254 e. The lowest BCUT2D eigenvalue weighted by atomic mass is 9.93. The second-order valence-electron chi connectivity index (χ2n) is 7.31. The van der Waals surface area contributed by atoms with Crippen molar-refractivity contribution in [1.29, 1.82) is 0 Å². The van der Waals surface area contributed by atoms with Gasteiger partial charge in [-0.2, -0.15) is 0 Å². The normalized spacial score (nSPS) is 12.8. The lowest BCUT2D eigenvalue weighted by molar-refractivity contribution is 0.0645. The average molecular weight is 341 g/mol. The molecule has 3 nitrogen and oxygen atoms in total. The van der Waals surface area contributed by atoms with E-state index in [1.165, 1.54) is 0 Å². The van der Waals surface area contributed by atoms with Gasteiger partial charge in [0.05, 0.1) is 6.10 Å². The van der Waals surface area contributed by atoms with E-state index in [0.29, 0.717) is 5.56 Å². The summed E-state index contributed by atoms with van der Waals surface area (Å²) in [6, 6.07) is 12.0. The molecule has 0 fully saturated rings. The van der Waals surface area contributed by atoms with Gasteiger partial charge in [0.2, 0.25) is 0 Å². The fourth-order valence-electron chi connectivity index (χ4n) is 3.58. The van der Waals surface area contributed by atoms with Gasteiger partial charge in [0, 0.05) is 23.0 Å². The molecule has 0 aliphatic heterocycles. The Hall–Kier alpha value is -1.87. The van der Waals surface area contributed by atoms with Crippen LogP contribution in [0.15, 0.2) is 36.4 Å². The molecule has 2 rings (SSSR count). The third kappa shape index (κ3) is 4.21. The van der Waals surface area contributed by atoms with Crippen LogP contribution in [0, 0.1) is 0 Å². The zero-order valence-electron chi connectivity index (χ0n) is 16.1. The number of hydrogen-bond acceptors (Lipinski definition) is 2. The maximum atomic E-state index is 13.3. The van der Waals surface area contributed by atoms with Gasteiger partial charge in [-0.05, 0) is 51.1 Å². The van der Waals surface area contributed by atoms with Gasteiger partial charge in [-0.1, -0.05) is 50.1 Å². The Labute approximate surface area is 151 Å². The van der Waals surface area contributed by atoms with Gasteiger partial charge in [-0.25, -0.2) is 0 Å². The van der Waals surface area contributed by atoms with Crippen molar-refractivity contribution in [3.63, 3.8) is 0 Å². The molecule has 0 saturated carbocycles. The number of benzene rings is 2. The highest BCUT2D eigenvalue weighted by Crippen LogP contribution is 2.31. The fraction of sp³-hybridized carbons (Fsp3) is 0.500. The van der Waals surface area contributed by atoms with Crippen LogP contribution >= 0.6 is 0 Å². The standard InChI is InChI=1S/C22H31NO2/c1-6-7-14-20(24)18-12-8-10-17-11-9-13-19(21(17)18)22(25)23(15(2)3)16(4)5/h8-13,15-16,20,24H,6-7,14H2,1-5H3/t20-/m0/s1. The van der Waals surface area contributed by atoms with Crippen LogP contribution in [0.3, 0.4) is 0 Å². The van der Waals surface area contributed by atoms with Crippen molar-refractivity contribution in [2.45, 2.75) is 72.1 Å². The van der Waals surface area contributed by atoms with Crippen LogP contribution in [0.4, 0.5) is 0 Å². The van der Waals surface area contributed by atoms with Crippen LogP contribution in [-0.4, -0.2) is 28.0 Å². The van der Waals surface area contributed by atoms with Crippen LogP contribution in [0.5, 0.6) is 0 Å². The summed E-state index contributed by atoms with van der Waals surface area (Å²) < 4.78 is 0. The number of hydrogen-bond donors (Lipinski definition) is 1. The molecule has 0 radical (unpaired) electrons. The summed E-state index contributed by atoms with van der Waals surface area (Å²) in [6.07, 6.45) is 2.19. The van der Waals surface area contributed by atoms with E-state index in [-0.39, 0.29) is 18.0 Å². The summed E-state index contributed by atoms with van der Waals surface area (Å²) in [7, 11) is 0. The maximum absolute atomic E-state index is 13.3. The minimum absolute atomic E-state index is 0.0331. The Morgan fingerprint density at radius 2 is 1.64 bits per heavy atom. The van der Waals surface area contributed by atoms with Crippen LogP contribution in [0.1, 0.15) is 75.9 Å². The molecule has 0 aromatic heterocycles. The number of unbranched alkanes of at least 4 members (excludes halogenated alkanes) is 1. The van der Waals surface area contributed by atoms with Gasteiger partial charge in [0.1, 0.15) is 0 Å². The summed E-state index contributed by atoms with van der Waals surface area (Å²) in [5.41, 5.74) is 1.55. The molecule has 0 heterocycles. The predicted octanol–water partition coefficient (Wildman–Crippen LogP) is 5.32. The quantitative estimate of drug-likeness (QED) is 0.740. The second-order valence-corrected chi connectivity index (χ2v) is 7.31. The van der Waals surface area contributed by atoms with Crippen molar-refractivity contribution in [2.75, 3.05) is 0 Å². The Kier molecular flexibility index (Phi) is 6.60. The summed E-state index contributed by atoms with van der Waals surface area (Å²) in [5, 5.41) is 12.6. The topological polar surface area (TPSA) is 40.5 Å². The minimum Gasteiger partial charge on any atom is -0.388 e. The third-order valence-corrected chi connectivity index (χ3v) is 4.70. The molecule has 1 N–H and O–H groups in total. The highest BCUT2D eigenvalue weighted by Gasteiger charge is 2.24. The molecular weight excluding hydrogens is 310 g/mol. The monoisotopic (exact) mass is 341 g/mol. The van der Waals surface area contributed by atoms with Crippen molar-refractivity contribution >= 4 is 16.7 Å². The Balaban J connectivity index is 2.58. The molecule has 2 aromatic carbocycles. The van der Waals surface area contributed by atoms with Gasteiger partial charge in [-0.15, -0.1) is 0 Å². The molecule has 0 saturated heterocycles. The molecule has 25 heavy (non-hydrogen) atoms. The van der Waals surface area contributed by atoms with Gasteiger partial charge in [0.25, 0.3) is 5.91 Å². The molecule has 0 bridgehead atoms. The zero-order valence-corrected chi connectivity index (χ0v) is 16.1.